The van der Waals surface area contributed by atoms with Gasteiger partial charge in [0.15, 0.2) is 0 Å². The van der Waals surface area contributed by atoms with Gasteiger partial charge in [-0.25, -0.2) is 4.79 Å². The van der Waals surface area contributed by atoms with Crippen molar-refractivity contribution in [2.45, 2.75) is 59.1 Å². The van der Waals surface area contributed by atoms with Crippen molar-refractivity contribution in [3.8, 4) is 0 Å². The molecule has 2 saturated heterocycles. The molecule has 0 aromatic heterocycles. The van der Waals surface area contributed by atoms with E-state index in [1.54, 1.807) is 4.90 Å². The number of hydrogen-bond donors (Lipinski definition) is 0. The van der Waals surface area contributed by atoms with Crippen LogP contribution in [0.15, 0.2) is 0 Å². The fourth-order valence-corrected chi connectivity index (χ4v) is 4.05. The highest BCUT2D eigenvalue weighted by Gasteiger charge is 2.45. The first-order valence-corrected chi connectivity index (χ1v) is 9.49. The smallest absolute Gasteiger partial charge is 0.410 e. The van der Waals surface area contributed by atoms with E-state index in [0.717, 1.165) is 18.3 Å². The van der Waals surface area contributed by atoms with Crippen molar-refractivity contribution >= 4 is 27.9 Å². The molecule has 2 fully saturated rings. The summed E-state index contributed by atoms with van der Waals surface area (Å²) in [7, 11) is 0. The molecule has 5 nitrogen and oxygen atoms in total. The number of hydrogen-bond acceptors (Lipinski definition) is 3. The van der Waals surface area contributed by atoms with Crippen LogP contribution in [0.1, 0.15) is 47.5 Å². The lowest BCUT2D eigenvalue weighted by atomic mass is 9.78. The van der Waals surface area contributed by atoms with Crippen molar-refractivity contribution in [3.63, 3.8) is 0 Å². The van der Waals surface area contributed by atoms with E-state index in [0.29, 0.717) is 25.4 Å². The summed E-state index contributed by atoms with van der Waals surface area (Å²) in [6.45, 7) is 12.0. The van der Waals surface area contributed by atoms with E-state index in [1.807, 2.05) is 25.7 Å². The van der Waals surface area contributed by atoms with E-state index in [2.05, 4.69) is 29.8 Å². The molecule has 0 N–H and O–H groups in total. The monoisotopic (exact) mass is 388 g/mol. The van der Waals surface area contributed by atoms with Gasteiger partial charge in [-0.1, -0.05) is 29.8 Å². The zero-order valence-electron chi connectivity index (χ0n) is 14.9. The van der Waals surface area contributed by atoms with E-state index in [4.69, 9.17) is 4.74 Å². The third-order valence-electron chi connectivity index (χ3n) is 4.66. The number of alkyl halides is 1. The number of ether oxygens (including phenoxy) is 1. The maximum Gasteiger partial charge on any atom is 0.410 e. The zero-order valence-corrected chi connectivity index (χ0v) is 16.5. The Morgan fingerprint density at radius 2 is 2.04 bits per heavy atom. The van der Waals surface area contributed by atoms with Gasteiger partial charge in [0.05, 0.1) is 0 Å². The topological polar surface area (TPSA) is 49.9 Å². The lowest BCUT2D eigenvalue weighted by Crippen LogP contribution is -2.57. The van der Waals surface area contributed by atoms with Gasteiger partial charge in [-0.2, -0.15) is 0 Å². The van der Waals surface area contributed by atoms with E-state index in [1.165, 1.54) is 0 Å². The van der Waals surface area contributed by atoms with Gasteiger partial charge in [0.2, 0.25) is 5.91 Å². The molecular weight excluding hydrogens is 360 g/mol. The second kappa shape index (κ2) is 6.61. The number of piperidine rings is 1. The molecule has 2 heterocycles. The Hall–Kier alpha value is -0.780. The molecule has 2 aliphatic heterocycles. The highest BCUT2D eigenvalue weighted by Crippen LogP contribution is 2.37. The summed E-state index contributed by atoms with van der Waals surface area (Å²) in [4.78, 5) is 28.5. The Morgan fingerprint density at radius 3 is 2.52 bits per heavy atom. The van der Waals surface area contributed by atoms with E-state index < -0.39 is 5.60 Å². The van der Waals surface area contributed by atoms with Crippen LogP contribution in [0, 0.1) is 11.3 Å². The fraction of sp³-hybridized carbons (Fsp3) is 0.882. The molecule has 6 heteroatoms. The molecule has 0 bridgehead atoms. The number of carbonyl (C=O) groups excluding carboxylic acids is 2. The Kier molecular flexibility index (Phi) is 5.34. The molecule has 132 valence electrons. The molecule has 2 atom stereocenters. The predicted octanol–water partition coefficient (Wildman–Crippen LogP) is 3.27. The maximum atomic E-state index is 12.3. The van der Waals surface area contributed by atoms with Crippen molar-refractivity contribution < 1.29 is 14.3 Å². The minimum absolute atomic E-state index is 0.133. The van der Waals surface area contributed by atoms with Crippen molar-refractivity contribution in [1.82, 2.24) is 9.80 Å². The summed E-state index contributed by atoms with van der Waals surface area (Å²) >= 11 is 3.49. The first-order chi connectivity index (χ1) is 10.5. The Labute approximate surface area is 147 Å². The number of carbonyl (C=O) groups is 2. The summed E-state index contributed by atoms with van der Waals surface area (Å²) in [6.07, 6.45) is 1.19. The van der Waals surface area contributed by atoms with Crippen molar-refractivity contribution in [3.05, 3.63) is 0 Å². The van der Waals surface area contributed by atoms with Crippen LogP contribution < -0.4 is 0 Å². The normalized spacial score (nSPS) is 28.2. The number of likely N-dealkylation sites (tertiary alicyclic amines) is 2. The van der Waals surface area contributed by atoms with Gasteiger partial charge in [0.25, 0.3) is 0 Å². The lowest BCUT2D eigenvalue weighted by Gasteiger charge is -2.47. The van der Waals surface area contributed by atoms with Gasteiger partial charge in [0, 0.05) is 42.8 Å². The second-order valence-corrected chi connectivity index (χ2v) is 9.11. The second-order valence-electron chi connectivity index (χ2n) is 8.47. The molecule has 23 heavy (non-hydrogen) atoms. The summed E-state index contributed by atoms with van der Waals surface area (Å²) in [5.41, 5.74) is -0.613. The highest BCUT2D eigenvalue weighted by molar-refractivity contribution is 9.09. The summed E-state index contributed by atoms with van der Waals surface area (Å²) < 4.78 is 5.49. The van der Waals surface area contributed by atoms with Crippen LogP contribution in [0.4, 0.5) is 4.79 Å². The van der Waals surface area contributed by atoms with Crippen LogP contribution in [0.3, 0.4) is 0 Å². The third-order valence-corrected chi connectivity index (χ3v) is 5.57. The van der Waals surface area contributed by atoms with Gasteiger partial charge in [-0.05, 0) is 33.1 Å². The highest BCUT2D eigenvalue weighted by atomic mass is 79.9. The lowest BCUT2D eigenvalue weighted by molar-refractivity contribution is -0.133. The number of halogens is 1. The summed E-state index contributed by atoms with van der Waals surface area (Å²) in [6, 6.07) is 0.192. The van der Waals surface area contributed by atoms with Gasteiger partial charge >= 0.3 is 6.09 Å². The molecule has 0 aromatic rings. The average molecular weight is 389 g/mol. The SMILES string of the molecule is CC(C)(C)OC(=O)N1CCC(N2CC(CBr)CC2=O)C(C)(C)C1. The predicted molar refractivity (Wildman–Crippen MR) is 93.6 cm³/mol. The fourth-order valence-electron chi connectivity index (χ4n) is 3.62. The quantitative estimate of drug-likeness (QED) is 0.682. The molecule has 0 radical (unpaired) electrons. The van der Waals surface area contributed by atoms with E-state index >= 15 is 0 Å². The van der Waals surface area contributed by atoms with Crippen molar-refractivity contribution in [2.75, 3.05) is 25.0 Å². The van der Waals surface area contributed by atoms with Crippen LogP contribution in [0.5, 0.6) is 0 Å². The van der Waals surface area contributed by atoms with Crippen LogP contribution >= 0.6 is 15.9 Å². The van der Waals surface area contributed by atoms with Gasteiger partial charge in [-0.3, -0.25) is 4.79 Å². The Balaban J connectivity index is 2.03. The van der Waals surface area contributed by atoms with Crippen LogP contribution in [-0.2, 0) is 9.53 Å². The first kappa shape index (κ1) is 18.6. The molecule has 0 aliphatic carbocycles. The Morgan fingerprint density at radius 1 is 1.39 bits per heavy atom. The van der Waals surface area contributed by atoms with Crippen LogP contribution in [0.2, 0.25) is 0 Å². The maximum absolute atomic E-state index is 12.3. The molecule has 0 aromatic carbocycles. The number of rotatable bonds is 2. The summed E-state index contributed by atoms with van der Waals surface area (Å²) in [5.74, 6) is 0.653. The third kappa shape index (κ3) is 4.40. The van der Waals surface area contributed by atoms with Crippen LogP contribution in [-0.4, -0.2) is 58.4 Å². The van der Waals surface area contributed by atoms with E-state index in [9.17, 15) is 9.59 Å². The largest absolute Gasteiger partial charge is 0.444 e. The van der Waals surface area contributed by atoms with Crippen molar-refractivity contribution in [1.29, 1.82) is 0 Å². The Bertz CT molecular complexity index is 473. The van der Waals surface area contributed by atoms with Gasteiger partial charge < -0.3 is 14.5 Å². The molecule has 2 amide bonds. The standard InChI is InChI=1S/C17H29BrN2O3/c1-16(2,3)23-15(22)19-7-6-13(17(4,5)11-19)20-10-12(9-18)8-14(20)21/h12-13H,6-11H2,1-5H3. The molecule has 2 aliphatic rings. The molecule has 0 saturated carbocycles. The molecule has 0 spiro atoms. The molecule has 2 unspecified atom stereocenters. The minimum Gasteiger partial charge on any atom is -0.444 e. The van der Waals surface area contributed by atoms with Gasteiger partial charge in [-0.15, -0.1) is 0 Å². The first-order valence-electron chi connectivity index (χ1n) is 8.37. The number of nitrogens with zero attached hydrogens (tertiary/aromatic N) is 2. The minimum atomic E-state index is -0.480. The summed E-state index contributed by atoms with van der Waals surface area (Å²) in [5, 5.41) is 0.867. The van der Waals surface area contributed by atoms with Crippen molar-refractivity contribution in [2.24, 2.45) is 11.3 Å². The molecule has 2 rings (SSSR count). The zero-order chi connectivity index (χ0) is 17.4. The van der Waals surface area contributed by atoms with E-state index in [-0.39, 0.29) is 23.5 Å². The average Bonchev–Trinajstić information content (AvgIpc) is 2.76. The van der Waals surface area contributed by atoms with Gasteiger partial charge in [0.1, 0.15) is 5.60 Å². The van der Waals surface area contributed by atoms with Crippen LogP contribution in [0.25, 0.3) is 0 Å². The number of amides is 2. The molecular formula is C17H29BrN2O3.